The van der Waals surface area contributed by atoms with E-state index in [0.29, 0.717) is 51.3 Å². The fourth-order valence-corrected chi connectivity index (χ4v) is 5.49. The third kappa shape index (κ3) is 5.10. The number of hydrogen-bond donors (Lipinski definition) is 2. The second-order valence-corrected chi connectivity index (χ2v) is 10.0. The van der Waals surface area contributed by atoms with Crippen LogP contribution in [0.25, 0.3) is 5.57 Å². The molecule has 0 unspecified atom stereocenters. The fraction of sp³-hybridized carbons (Fsp3) is 0.429. The molecule has 0 bridgehead atoms. The highest BCUT2D eigenvalue weighted by Gasteiger charge is 2.28. The Morgan fingerprint density at radius 2 is 1.81 bits per heavy atom. The van der Waals surface area contributed by atoms with E-state index in [1.165, 1.54) is 16.0 Å². The zero-order valence-corrected chi connectivity index (χ0v) is 20.8. The normalized spacial score (nSPS) is 19.3. The van der Waals surface area contributed by atoms with Crippen molar-refractivity contribution in [2.45, 2.75) is 25.5 Å². The summed E-state index contributed by atoms with van der Waals surface area (Å²) in [5, 5.41) is 20.1. The Morgan fingerprint density at radius 1 is 1.00 bits per heavy atom. The molecule has 2 N–H and O–H groups in total. The highest BCUT2D eigenvalue weighted by molar-refractivity contribution is 6.01. The van der Waals surface area contributed by atoms with Gasteiger partial charge in [0.1, 0.15) is 0 Å². The molecule has 5 rings (SSSR count). The maximum atomic E-state index is 13.5. The van der Waals surface area contributed by atoms with Crippen molar-refractivity contribution in [1.82, 2.24) is 14.7 Å². The molecular weight excluding hydrogens is 456 g/mol. The molecule has 8 heteroatoms. The van der Waals surface area contributed by atoms with Gasteiger partial charge in [0, 0.05) is 65.1 Å². The van der Waals surface area contributed by atoms with Crippen molar-refractivity contribution in [1.29, 1.82) is 0 Å². The fourth-order valence-electron chi connectivity index (χ4n) is 5.49. The van der Waals surface area contributed by atoms with Crippen molar-refractivity contribution in [3.63, 3.8) is 0 Å². The molecule has 0 aromatic heterocycles. The summed E-state index contributed by atoms with van der Waals surface area (Å²) in [5.74, 6) is -0.0568. The first-order chi connectivity index (χ1) is 17.4. The van der Waals surface area contributed by atoms with Gasteiger partial charge >= 0.3 is 6.09 Å². The zero-order chi connectivity index (χ0) is 25.2. The summed E-state index contributed by atoms with van der Waals surface area (Å²) in [7, 11) is 1.99. The number of carbonyl (C=O) groups is 2. The minimum atomic E-state index is -0.898. The van der Waals surface area contributed by atoms with E-state index in [1.54, 1.807) is 4.90 Å². The Kier molecular flexibility index (Phi) is 6.98. The number of amides is 2. The second-order valence-electron chi connectivity index (χ2n) is 10.0. The van der Waals surface area contributed by atoms with Crippen molar-refractivity contribution >= 4 is 23.3 Å². The Morgan fingerprint density at radius 3 is 2.56 bits per heavy atom. The molecule has 0 saturated heterocycles. The quantitative estimate of drug-likeness (QED) is 0.670. The molecule has 2 aromatic rings. The highest BCUT2D eigenvalue weighted by atomic mass is 16.4. The van der Waals surface area contributed by atoms with E-state index in [-0.39, 0.29) is 5.91 Å². The SMILES string of the molecule is CN1CCN(C[C@H](O)CN2CCc3ccccc3C2)C(=O)c2ccc(C3=CCN(C(=O)O)CC3)cc21. The number of carbonyl (C=O) groups excluding carboxylic acids is 1. The number of benzene rings is 2. The number of rotatable bonds is 5. The zero-order valence-electron chi connectivity index (χ0n) is 20.8. The molecule has 0 saturated carbocycles. The number of hydrogen-bond acceptors (Lipinski definition) is 5. The summed E-state index contributed by atoms with van der Waals surface area (Å²) >= 11 is 0. The molecule has 3 heterocycles. The van der Waals surface area contributed by atoms with Crippen LogP contribution in [-0.4, -0.2) is 95.9 Å². The lowest BCUT2D eigenvalue weighted by molar-refractivity contribution is 0.0521. The molecule has 36 heavy (non-hydrogen) atoms. The number of fused-ring (bicyclic) bond motifs is 2. The van der Waals surface area contributed by atoms with E-state index in [4.69, 9.17) is 0 Å². The van der Waals surface area contributed by atoms with Crippen molar-refractivity contribution in [2.24, 2.45) is 0 Å². The van der Waals surface area contributed by atoms with Gasteiger partial charge in [0.05, 0.1) is 11.7 Å². The number of aliphatic hydroxyl groups excluding tert-OH is 1. The van der Waals surface area contributed by atoms with Gasteiger partial charge in [-0.1, -0.05) is 36.4 Å². The molecule has 0 fully saturated rings. The van der Waals surface area contributed by atoms with Crippen molar-refractivity contribution in [2.75, 3.05) is 57.8 Å². The lowest BCUT2D eigenvalue weighted by atomic mass is 9.97. The molecule has 8 nitrogen and oxygen atoms in total. The van der Waals surface area contributed by atoms with Crippen LogP contribution in [0.5, 0.6) is 0 Å². The van der Waals surface area contributed by atoms with Gasteiger partial charge in [-0.15, -0.1) is 0 Å². The molecule has 2 aromatic carbocycles. The summed E-state index contributed by atoms with van der Waals surface area (Å²) in [6.07, 6.45) is 2.08. The van der Waals surface area contributed by atoms with Crippen LogP contribution in [0.4, 0.5) is 10.5 Å². The van der Waals surface area contributed by atoms with Gasteiger partial charge < -0.3 is 24.9 Å². The molecular formula is C28H34N4O4. The van der Waals surface area contributed by atoms with Crippen molar-refractivity contribution in [3.05, 3.63) is 70.8 Å². The smallest absolute Gasteiger partial charge is 0.407 e. The molecule has 1 atom stereocenters. The molecule has 0 radical (unpaired) electrons. The van der Waals surface area contributed by atoms with Crippen LogP contribution in [0.15, 0.2) is 48.5 Å². The average molecular weight is 491 g/mol. The monoisotopic (exact) mass is 490 g/mol. The van der Waals surface area contributed by atoms with Gasteiger partial charge in [0.25, 0.3) is 5.91 Å². The lowest BCUT2D eigenvalue weighted by Gasteiger charge is -2.32. The number of nitrogens with zero attached hydrogens (tertiary/aromatic N) is 4. The van der Waals surface area contributed by atoms with Crippen molar-refractivity contribution < 1.29 is 19.8 Å². The molecule has 3 aliphatic heterocycles. The predicted molar refractivity (Wildman–Crippen MR) is 139 cm³/mol. The minimum Gasteiger partial charge on any atom is -0.465 e. The largest absolute Gasteiger partial charge is 0.465 e. The topological polar surface area (TPSA) is 87.6 Å². The Balaban J connectivity index is 1.25. The summed E-state index contributed by atoms with van der Waals surface area (Å²) in [6, 6.07) is 14.3. The second kappa shape index (κ2) is 10.3. The predicted octanol–water partition coefficient (Wildman–Crippen LogP) is 2.76. The Bertz CT molecular complexity index is 1180. The number of aliphatic hydroxyl groups is 1. The van der Waals surface area contributed by atoms with E-state index >= 15 is 0 Å². The molecule has 0 aliphatic carbocycles. The van der Waals surface area contributed by atoms with Crippen LogP contribution in [0.3, 0.4) is 0 Å². The van der Waals surface area contributed by atoms with E-state index in [2.05, 4.69) is 34.1 Å². The van der Waals surface area contributed by atoms with E-state index in [0.717, 1.165) is 36.3 Å². The molecule has 190 valence electrons. The average Bonchev–Trinajstić information content (AvgIpc) is 3.00. The standard InChI is InChI=1S/C28H34N4O4/c1-29-14-15-32(19-24(33)18-30-11-8-20-4-2-3-5-23(20)17-30)27(34)25-7-6-22(16-26(25)29)21-9-12-31(13-10-21)28(35)36/h2-7,9,16,24,33H,8,10-15,17-19H2,1H3,(H,35,36)/t24-/m1/s1. The van der Waals surface area contributed by atoms with E-state index in [1.807, 2.05) is 31.3 Å². The van der Waals surface area contributed by atoms with Crippen molar-refractivity contribution in [3.8, 4) is 0 Å². The van der Waals surface area contributed by atoms with Gasteiger partial charge in [-0.05, 0) is 47.2 Å². The summed E-state index contributed by atoms with van der Waals surface area (Å²) in [4.78, 5) is 32.2. The van der Waals surface area contributed by atoms with Gasteiger partial charge in [-0.3, -0.25) is 9.69 Å². The first-order valence-corrected chi connectivity index (χ1v) is 12.7. The molecule has 3 aliphatic rings. The minimum absolute atomic E-state index is 0.0568. The van der Waals surface area contributed by atoms with Gasteiger partial charge in [-0.25, -0.2) is 4.79 Å². The van der Waals surface area contributed by atoms with Crippen LogP contribution < -0.4 is 4.90 Å². The summed E-state index contributed by atoms with van der Waals surface area (Å²) in [5.41, 5.74) is 6.35. The first kappa shape index (κ1) is 24.3. The lowest BCUT2D eigenvalue weighted by Crippen LogP contribution is -2.44. The maximum absolute atomic E-state index is 13.5. The first-order valence-electron chi connectivity index (χ1n) is 12.7. The van der Waals surface area contributed by atoms with Gasteiger partial charge in [0.2, 0.25) is 0 Å². The summed E-state index contributed by atoms with van der Waals surface area (Å²) < 4.78 is 0. The molecule has 0 spiro atoms. The van der Waals surface area contributed by atoms with Gasteiger partial charge in [0.15, 0.2) is 0 Å². The van der Waals surface area contributed by atoms with E-state index < -0.39 is 12.2 Å². The number of carboxylic acid groups (broad SMARTS) is 1. The van der Waals surface area contributed by atoms with Crippen LogP contribution >= 0.6 is 0 Å². The Labute approximate surface area is 212 Å². The maximum Gasteiger partial charge on any atom is 0.407 e. The van der Waals surface area contributed by atoms with Crippen LogP contribution in [-0.2, 0) is 13.0 Å². The third-order valence-corrected chi connectivity index (χ3v) is 7.59. The Hall–Kier alpha value is -3.36. The highest BCUT2D eigenvalue weighted by Crippen LogP contribution is 2.31. The third-order valence-electron chi connectivity index (χ3n) is 7.59. The number of anilines is 1. The van der Waals surface area contributed by atoms with Crippen LogP contribution in [0.1, 0.15) is 33.5 Å². The van der Waals surface area contributed by atoms with Crippen LogP contribution in [0.2, 0.25) is 0 Å². The molecule has 2 amide bonds. The number of likely N-dealkylation sites (N-methyl/N-ethyl adjacent to an activating group) is 1. The summed E-state index contributed by atoms with van der Waals surface area (Å²) in [6.45, 7) is 4.68. The van der Waals surface area contributed by atoms with E-state index in [9.17, 15) is 19.8 Å². The van der Waals surface area contributed by atoms with Gasteiger partial charge in [-0.2, -0.15) is 0 Å². The number of β-amino-alcohol motifs (C(OH)–C–C–N with tert-alkyl or cyclic N) is 1. The van der Waals surface area contributed by atoms with Crippen LogP contribution in [0, 0.1) is 0 Å².